The van der Waals surface area contributed by atoms with E-state index >= 15 is 0 Å². The van der Waals surface area contributed by atoms with E-state index in [9.17, 15) is 4.79 Å². The molecule has 2 aliphatic carbocycles. The molecular formula is C16H28O. The van der Waals surface area contributed by atoms with E-state index in [2.05, 4.69) is 13.8 Å². The van der Waals surface area contributed by atoms with E-state index in [1.165, 1.54) is 51.4 Å². The highest BCUT2D eigenvalue weighted by atomic mass is 16.1. The van der Waals surface area contributed by atoms with Crippen molar-refractivity contribution in [3.8, 4) is 0 Å². The first-order chi connectivity index (χ1) is 8.16. The summed E-state index contributed by atoms with van der Waals surface area (Å²) in [6.07, 6.45) is 11.3. The van der Waals surface area contributed by atoms with Crippen LogP contribution in [0.2, 0.25) is 0 Å². The van der Waals surface area contributed by atoms with E-state index in [0.29, 0.717) is 17.6 Å². The minimum absolute atomic E-state index is 0.431. The fraction of sp³-hybridized carbons (Fsp3) is 0.938. The van der Waals surface area contributed by atoms with Crippen LogP contribution in [0.1, 0.15) is 71.6 Å². The topological polar surface area (TPSA) is 17.1 Å². The van der Waals surface area contributed by atoms with Crippen molar-refractivity contribution >= 4 is 5.78 Å². The maximum Gasteiger partial charge on any atom is 0.136 e. The Hall–Kier alpha value is -0.330. The van der Waals surface area contributed by atoms with Crippen molar-refractivity contribution in [2.24, 2.45) is 23.7 Å². The maximum absolute atomic E-state index is 12.2. The van der Waals surface area contributed by atoms with Gasteiger partial charge in [-0.15, -0.1) is 0 Å². The van der Waals surface area contributed by atoms with Crippen molar-refractivity contribution in [3.05, 3.63) is 0 Å². The number of ketones is 1. The molecule has 1 heteroatoms. The third-order valence-corrected chi connectivity index (χ3v) is 5.20. The van der Waals surface area contributed by atoms with E-state index < -0.39 is 0 Å². The molecule has 0 spiro atoms. The number of hydrogen-bond acceptors (Lipinski definition) is 1. The molecule has 1 unspecified atom stereocenters. The van der Waals surface area contributed by atoms with E-state index in [0.717, 1.165) is 18.3 Å². The summed E-state index contributed by atoms with van der Waals surface area (Å²) in [7, 11) is 0. The molecule has 2 fully saturated rings. The van der Waals surface area contributed by atoms with Crippen LogP contribution < -0.4 is 0 Å². The van der Waals surface area contributed by atoms with Gasteiger partial charge in [-0.25, -0.2) is 0 Å². The lowest BCUT2D eigenvalue weighted by Gasteiger charge is -2.30. The van der Waals surface area contributed by atoms with Gasteiger partial charge in [0, 0.05) is 12.3 Å². The molecule has 0 radical (unpaired) electrons. The van der Waals surface area contributed by atoms with Crippen LogP contribution in [0.5, 0.6) is 0 Å². The van der Waals surface area contributed by atoms with Gasteiger partial charge >= 0.3 is 0 Å². The lowest BCUT2D eigenvalue weighted by atomic mass is 9.75. The summed E-state index contributed by atoms with van der Waals surface area (Å²) in [5.41, 5.74) is 0. The van der Waals surface area contributed by atoms with Crippen molar-refractivity contribution in [2.45, 2.75) is 71.6 Å². The standard InChI is InChI=1S/C16H28O/c1-12-7-9-14(10-8-12)13(2)11-16(17)15-5-3-4-6-15/h12-15H,3-11H2,1-2H3. The van der Waals surface area contributed by atoms with E-state index in [-0.39, 0.29) is 0 Å². The van der Waals surface area contributed by atoms with Crippen LogP contribution >= 0.6 is 0 Å². The Labute approximate surface area is 106 Å². The summed E-state index contributed by atoms with van der Waals surface area (Å²) in [5.74, 6) is 3.39. The van der Waals surface area contributed by atoms with E-state index in [1.54, 1.807) is 0 Å². The second-order valence-corrected chi connectivity index (χ2v) is 6.65. The van der Waals surface area contributed by atoms with E-state index in [4.69, 9.17) is 0 Å². The zero-order valence-electron chi connectivity index (χ0n) is 11.6. The highest BCUT2D eigenvalue weighted by Gasteiger charge is 2.28. The smallest absolute Gasteiger partial charge is 0.136 e. The van der Waals surface area contributed by atoms with Crippen LogP contribution in [0.4, 0.5) is 0 Å². The minimum atomic E-state index is 0.431. The number of carbonyl (C=O) groups is 1. The molecule has 2 aliphatic rings. The second kappa shape index (κ2) is 6.02. The minimum Gasteiger partial charge on any atom is -0.299 e. The largest absolute Gasteiger partial charge is 0.299 e. The van der Waals surface area contributed by atoms with Crippen LogP contribution in [0.3, 0.4) is 0 Å². The Bertz CT molecular complexity index is 244. The maximum atomic E-state index is 12.2. The van der Waals surface area contributed by atoms with Crippen LogP contribution in [0.15, 0.2) is 0 Å². The molecule has 0 bridgehead atoms. The SMILES string of the molecule is CC1CCC(C(C)CC(=O)C2CCCC2)CC1. The summed E-state index contributed by atoms with van der Waals surface area (Å²) in [6.45, 7) is 4.68. The Kier molecular flexibility index (Phi) is 4.64. The summed E-state index contributed by atoms with van der Waals surface area (Å²) in [6, 6.07) is 0. The molecule has 2 saturated carbocycles. The third kappa shape index (κ3) is 3.56. The molecule has 1 atom stereocenters. The van der Waals surface area contributed by atoms with Gasteiger partial charge in [-0.2, -0.15) is 0 Å². The predicted molar refractivity (Wildman–Crippen MR) is 71.9 cm³/mol. The van der Waals surface area contributed by atoms with Gasteiger partial charge in [0.25, 0.3) is 0 Å². The molecule has 0 aromatic heterocycles. The molecule has 0 aromatic carbocycles. The highest BCUT2D eigenvalue weighted by molar-refractivity contribution is 5.81. The Balaban J connectivity index is 1.76. The number of rotatable bonds is 4. The van der Waals surface area contributed by atoms with Crippen molar-refractivity contribution in [1.29, 1.82) is 0 Å². The highest BCUT2D eigenvalue weighted by Crippen LogP contribution is 2.36. The number of hydrogen-bond donors (Lipinski definition) is 0. The van der Waals surface area contributed by atoms with E-state index in [1.807, 2.05) is 0 Å². The molecule has 0 saturated heterocycles. The normalized spacial score (nSPS) is 32.6. The van der Waals surface area contributed by atoms with Crippen molar-refractivity contribution in [1.82, 2.24) is 0 Å². The van der Waals surface area contributed by atoms with Gasteiger partial charge in [-0.3, -0.25) is 4.79 Å². The summed E-state index contributed by atoms with van der Waals surface area (Å²) in [5, 5.41) is 0. The van der Waals surface area contributed by atoms with Gasteiger partial charge in [0.05, 0.1) is 0 Å². The number of Topliss-reactive ketones (excluding diaryl/α,β-unsaturated/α-hetero) is 1. The lowest BCUT2D eigenvalue weighted by molar-refractivity contribution is -0.124. The zero-order valence-corrected chi connectivity index (χ0v) is 11.6. The van der Waals surface area contributed by atoms with Crippen molar-refractivity contribution < 1.29 is 4.79 Å². The summed E-state index contributed by atoms with van der Waals surface area (Å²) >= 11 is 0. The zero-order chi connectivity index (χ0) is 12.3. The van der Waals surface area contributed by atoms with Crippen LogP contribution in [-0.4, -0.2) is 5.78 Å². The molecule has 0 N–H and O–H groups in total. The average Bonchev–Trinajstić information content (AvgIpc) is 2.83. The number of carbonyl (C=O) groups excluding carboxylic acids is 1. The van der Waals surface area contributed by atoms with Crippen LogP contribution in [0.25, 0.3) is 0 Å². The Morgan fingerprint density at radius 2 is 1.65 bits per heavy atom. The predicted octanol–water partition coefficient (Wildman–Crippen LogP) is 4.60. The molecular weight excluding hydrogens is 208 g/mol. The Morgan fingerprint density at radius 1 is 1.06 bits per heavy atom. The molecule has 0 aliphatic heterocycles. The summed E-state index contributed by atoms with van der Waals surface area (Å²) < 4.78 is 0. The van der Waals surface area contributed by atoms with Gasteiger partial charge in [-0.1, -0.05) is 39.5 Å². The van der Waals surface area contributed by atoms with Gasteiger partial charge in [0.15, 0.2) is 0 Å². The molecule has 0 amide bonds. The van der Waals surface area contributed by atoms with Gasteiger partial charge in [-0.05, 0) is 43.4 Å². The van der Waals surface area contributed by atoms with Gasteiger partial charge in [0.1, 0.15) is 5.78 Å². The molecule has 1 nitrogen and oxygen atoms in total. The molecule has 0 aromatic rings. The van der Waals surface area contributed by atoms with Gasteiger partial charge in [0.2, 0.25) is 0 Å². The fourth-order valence-electron chi connectivity index (χ4n) is 3.75. The second-order valence-electron chi connectivity index (χ2n) is 6.65. The molecule has 98 valence electrons. The molecule has 17 heavy (non-hydrogen) atoms. The monoisotopic (exact) mass is 236 g/mol. The molecule has 0 heterocycles. The molecule has 2 rings (SSSR count). The average molecular weight is 236 g/mol. The van der Waals surface area contributed by atoms with Crippen LogP contribution in [0, 0.1) is 23.7 Å². The quantitative estimate of drug-likeness (QED) is 0.697. The van der Waals surface area contributed by atoms with Crippen LogP contribution in [-0.2, 0) is 4.79 Å². The third-order valence-electron chi connectivity index (χ3n) is 5.20. The van der Waals surface area contributed by atoms with Gasteiger partial charge < -0.3 is 0 Å². The first kappa shape index (κ1) is 13.1. The lowest BCUT2D eigenvalue weighted by Crippen LogP contribution is -2.23. The Morgan fingerprint density at radius 3 is 2.24 bits per heavy atom. The fourth-order valence-corrected chi connectivity index (χ4v) is 3.75. The summed E-state index contributed by atoms with van der Waals surface area (Å²) in [4.78, 5) is 12.2. The first-order valence-corrected chi connectivity index (χ1v) is 7.69. The first-order valence-electron chi connectivity index (χ1n) is 7.69. The van der Waals surface area contributed by atoms with Crippen molar-refractivity contribution in [2.75, 3.05) is 0 Å². The van der Waals surface area contributed by atoms with Crippen molar-refractivity contribution in [3.63, 3.8) is 0 Å².